The molecule has 0 amide bonds. The molecule has 0 spiro atoms. The van der Waals surface area contributed by atoms with Gasteiger partial charge in [0.05, 0.1) is 0 Å². The Bertz CT molecular complexity index is 2970. The Balaban J connectivity index is 0.876. The quantitative estimate of drug-likeness (QED) is 0.159. The third-order valence-corrected chi connectivity index (χ3v) is 12.8. The van der Waals surface area contributed by atoms with Gasteiger partial charge in [-0.25, -0.2) is 0 Å². The van der Waals surface area contributed by atoms with Crippen molar-refractivity contribution in [1.29, 1.82) is 0 Å². The van der Waals surface area contributed by atoms with E-state index in [1.807, 2.05) is 0 Å². The monoisotopic (exact) mass is 750 g/mol. The predicted molar refractivity (Wildman–Crippen MR) is 252 cm³/mol. The van der Waals surface area contributed by atoms with Crippen LogP contribution in [-0.2, 0) is 5.41 Å². The Morgan fingerprint density at radius 2 is 0.475 bits per heavy atom. The molecule has 1 aliphatic carbocycles. The van der Waals surface area contributed by atoms with E-state index in [4.69, 9.17) is 0 Å². The number of hydrogen-bond acceptors (Lipinski definition) is 0. The van der Waals surface area contributed by atoms with Crippen LogP contribution in [0.25, 0.3) is 99.4 Å². The molecular formula is C59H42. The first-order valence-electron chi connectivity index (χ1n) is 20.7. The molecule has 0 aliphatic heterocycles. The normalized spacial score (nSPS) is 12.7. The molecule has 0 aromatic heterocycles. The first-order valence-corrected chi connectivity index (χ1v) is 20.7. The van der Waals surface area contributed by atoms with E-state index < -0.39 is 0 Å². The molecular weight excluding hydrogens is 709 g/mol. The van der Waals surface area contributed by atoms with E-state index in [1.165, 1.54) is 111 Å². The van der Waals surface area contributed by atoms with Gasteiger partial charge in [-0.1, -0.05) is 220 Å². The van der Waals surface area contributed by atoms with Gasteiger partial charge in [-0.2, -0.15) is 0 Å². The van der Waals surface area contributed by atoms with Gasteiger partial charge < -0.3 is 0 Å². The second kappa shape index (κ2) is 14.0. The van der Waals surface area contributed by atoms with Crippen LogP contribution >= 0.6 is 0 Å². The van der Waals surface area contributed by atoms with E-state index in [0.717, 1.165) is 0 Å². The molecule has 0 atom stereocenters. The highest BCUT2D eigenvalue weighted by molar-refractivity contribution is 6.06. The van der Waals surface area contributed by atoms with Crippen LogP contribution in [0.4, 0.5) is 0 Å². The fourth-order valence-electron chi connectivity index (χ4n) is 9.62. The van der Waals surface area contributed by atoms with E-state index >= 15 is 0 Å². The molecule has 0 saturated heterocycles. The fraction of sp³-hybridized carbons (Fsp3) is 0.0508. The Hall–Kier alpha value is -7.28. The summed E-state index contributed by atoms with van der Waals surface area (Å²) < 4.78 is 0. The number of benzene rings is 10. The van der Waals surface area contributed by atoms with Crippen molar-refractivity contribution in [2.24, 2.45) is 0 Å². The lowest BCUT2D eigenvalue weighted by molar-refractivity contribution is 0.661. The van der Waals surface area contributed by atoms with Gasteiger partial charge in [-0.15, -0.1) is 0 Å². The van der Waals surface area contributed by atoms with Crippen LogP contribution in [0.1, 0.15) is 25.0 Å². The predicted octanol–water partition coefficient (Wildman–Crippen LogP) is 16.3. The number of rotatable bonds is 6. The zero-order valence-electron chi connectivity index (χ0n) is 33.3. The summed E-state index contributed by atoms with van der Waals surface area (Å²) >= 11 is 0. The molecule has 0 nitrogen and oxygen atoms in total. The Morgan fingerprint density at radius 1 is 0.220 bits per heavy atom. The summed E-state index contributed by atoms with van der Waals surface area (Å²) in [5, 5.41) is 5.10. The molecule has 0 radical (unpaired) electrons. The first-order chi connectivity index (χ1) is 29.0. The summed E-state index contributed by atoms with van der Waals surface area (Å²) in [6.45, 7) is 4.76. The molecule has 59 heavy (non-hydrogen) atoms. The van der Waals surface area contributed by atoms with Crippen LogP contribution in [0.3, 0.4) is 0 Å². The maximum absolute atomic E-state index is 2.43. The Morgan fingerprint density at radius 3 is 0.814 bits per heavy atom. The highest BCUT2D eigenvalue weighted by Crippen LogP contribution is 2.51. The van der Waals surface area contributed by atoms with Crippen LogP contribution in [0.2, 0.25) is 0 Å². The van der Waals surface area contributed by atoms with Crippen molar-refractivity contribution in [3.05, 3.63) is 230 Å². The van der Waals surface area contributed by atoms with Gasteiger partial charge in [0, 0.05) is 5.41 Å². The Labute approximate surface area is 346 Å². The lowest BCUT2D eigenvalue weighted by Gasteiger charge is -2.23. The molecule has 0 heterocycles. The smallest absolute Gasteiger partial charge is 0.0159 e. The molecule has 10 aromatic rings. The molecule has 10 aromatic carbocycles. The van der Waals surface area contributed by atoms with Crippen molar-refractivity contribution in [3.63, 3.8) is 0 Å². The summed E-state index contributed by atoms with van der Waals surface area (Å²) in [4.78, 5) is 0. The second-order valence-corrected chi connectivity index (χ2v) is 16.4. The second-order valence-electron chi connectivity index (χ2n) is 16.4. The molecule has 0 bridgehead atoms. The number of hydrogen-bond donors (Lipinski definition) is 0. The molecule has 0 saturated carbocycles. The van der Waals surface area contributed by atoms with Crippen LogP contribution in [0, 0.1) is 0 Å². The summed E-state index contributed by atoms with van der Waals surface area (Å²) in [6.07, 6.45) is 0. The average molecular weight is 751 g/mol. The fourth-order valence-corrected chi connectivity index (χ4v) is 9.62. The van der Waals surface area contributed by atoms with Crippen molar-refractivity contribution in [2.75, 3.05) is 0 Å². The zero-order valence-corrected chi connectivity index (χ0v) is 33.3. The van der Waals surface area contributed by atoms with Crippen molar-refractivity contribution in [1.82, 2.24) is 0 Å². The van der Waals surface area contributed by atoms with Gasteiger partial charge in [0.25, 0.3) is 0 Å². The molecule has 1 aliphatic rings. The van der Waals surface area contributed by atoms with E-state index in [1.54, 1.807) is 0 Å². The SMILES string of the molecule is CC1(C)c2cc(-c3ccc(-c4ccc(-c5ccccc5)c5ccccc45)cc3)ccc2-c2ccc(-c3ccc(-c4ccc(-c5ccccc5)c5ccccc45)cc3)cc21. The minimum atomic E-state index is -0.130. The van der Waals surface area contributed by atoms with Gasteiger partial charge >= 0.3 is 0 Å². The highest BCUT2D eigenvalue weighted by atomic mass is 14.4. The zero-order chi connectivity index (χ0) is 39.5. The van der Waals surface area contributed by atoms with Crippen LogP contribution < -0.4 is 0 Å². The third-order valence-electron chi connectivity index (χ3n) is 12.8. The van der Waals surface area contributed by atoms with Crippen molar-refractivity contribution >= 4 is 21.5 Å². The maximum Gasteiger partial charge on any atom is 0.0159 e. The molecule has 0 fully saturated rings. The summed E-state index contributed by atoms with van der Waals surface area (Å²) in [6, 6.07) is 80.4. The highest BCUT2D eigenvalue weighted by Gasteiger charge is 2.36. The summed E-state index contributed by atoms with van der Waals surface area (Å²) in [5.41, 5.74) is 20.3. The third kappa shape index (κ3) is 5.91. The molecule has 0 unspecified atom stereocenters. The van der Waals surface area contributed by atoms with Crippen LogP contribution in [0.15, 0.2) is 218 Å². The molecule has 11 rings (SSSR count). The van der Waals surface area contributed by atoms with Crippen LogP contribution in [0.5, 0.6) is 0 Å². The minimum Gasteiger partial charge on any atom is -0.0622 e. The molecule has 0 N–H and O–H groups in total. The van der Waals surface area contributed by atoms with Crippen molar-refractivity contribution in [3.8, 4) is 77.9 Å². The van der Waals surface area contributed by atoms with E-state index in [9.17, 15) is 0 Å². The van der Waals surface area contributed by atoms with E-state index in [-0.39, 0.29) is 5.41 Å². The first kappa shape index (κ1) is 34.9. The van der Waals surface area contributed by atoms with E-state index in [2.05, 4.69) is 232 Å². The van der Waals surface area contributed by atoms with E-state index in [0.29, 0.717) is 0 Å². The Kier molecular flexibility index (Phi) is 8.27. The minimum absolute atomic E-state index is 0.130. The topological polar surface area (TPSA) is 0 Å². The van der Waals surface area contributed by atoms with Crippen molar-refractivity contribution in [2.45, 2.75) is 19.3 Å². The van der Waals surface area contributed by atoms with Gasteiger partial charge in [-0.3, -0.25) is 0 Å². The van der Waals surface area contributed by atoms with Gasteiger partial charge in [0.1, 0.15) is 0 Å². The standard InChI is InChI=1S/C59H42/c1-59(2)57-37-45(39-21-25-43(26-22-39)49-35-33-47(41-13-5-3-6-14-41)51-17-9-11-19-53(49)51)29-31-55(57)56-32-30-46(38-58(56)59)40-23-27-44(28-24-40)50-36-34-48(42-15-7-4-8-16-42)52-18-10-12-20-54(50)52/h3-38H,1-2H3. The maximum atomic E-state index is 2.43. The largest absolute Gasteiger partial charge is 0.0622 e. The van der Waals surface area contributed by atoms with Gasteiger partial charge in [0.15, 0.2) is 0 Å². The summed E-state index contributed by atoms with van der Waals surface area (Å²) in [7, 11) is 0. The van der Waals surface area contributed by atoms with Crippen molar-refractivity contribution < 1.29 is 0 Å². The van der Waals surface area contributed by atoms with Crippen LogP contribution in [-0.4, -0.2) is 0 Å². The lowest BCUT2D eigenvalue weighted by Crippen LogP contribution is -2.15. The van der Waals surface area contributed by atoms with Gasteiger partial charge in [-0.05, 0) is 123 Å². The lowest BCUT2D eigenvalue weighted by atomic mass is 9.80. The molecule has 278 valence electrons. The average Bonchev–Trinajstić information content (AvgIpc) is 3.53. The number of fused-ring (bicyclic) bond motifs is 5. The summed E-state index contributed by atoms with van der Waals surface area (Å²) in [5.74, 6) is 0. The van der Waals surface area contributed by atoms with Gasteiger partial charge in [0.2, 0.25) is 0 Å². The molecule has 0 heteroatoms.